The number of hydrogen-bond acceptors (Lipinski definition) is 7. The molecule has 0 unspecified atom stereocenters. The molecule has 12 heteroatoms. The fourth-order valence-electron chi connectivity index (χ4n) is 5.91. The van der Waals surface area contributed by atoms with Gasteiger partial charge in [-0.2, -0.15) is 4.98 Å². The summed E-state index contributed by atoms with van der Waals surface area (Å²) in [6.45, 7) is 10.6. The SMILES string of the molecule is C=CC(=O)N1[C@H](C)CN(c2nc(=O)n3c4c(c(-c5ccc(F)cc5)c(C)cc24)SC[C@@H](NS(C)(=O)=O)C3)C[C@@H]1C. The molecule has 3 atom stereocenters. The van der Waals surface area contributed by atoms with Crippen LogP contribution in [0.5, 0.6) is 0 Å². The average molecular weight is 586 g/mol. The topological polar surface area (TPSA) is 105 Å². The smallest absolute Gasteiger partial charge is 0.350 e. The van der Waals surface area contributed by atoms with Gasteiger partial charge in [-0.1, -0.05) is 18.7 Å². The summed E-state index contributed by atoms with van der Waals surface area (Å²) in [6, 6.07) is 7.41. The number of halogens is 1. The van der Waals surface area contributed by atoms with E-state index in [0.717, 1.165) is 33.2 Å². The number of rotatable bonds is 5. The number of nitrogens with one attached hydrogen (secondary N) is 1. The van der Waals surface area contributed by atoms with Gasteiger partial charge in [-0.3, -0.25) is 9.36 Å². The molecule has 2 aliphatic rings. The summed E-state index contributed by atoms with van der Waals surface area (Å²) < 4.78 is 42.2. The Kier molecular flexibility index (Phi) is 7.53. The van der Waals surface area contributed by atoms with Crippen molar-refractivity contribution in [3.63, 3.8) is 0 Å². The number of carbonyl (C=O) groups excluding carboxylic acids is 1. The van der Waals surface area contributed by atoms with Gasteiger partial charge >= 0.3 is 5.69 Å². The van der Waals surface area contributed by atoms with Crippen LogP contribution in [-0.4, -0.2) is 72.0 Å². The molecule has 2 aliphatic heterocycles. The number of nitrogens with zero attached hydrogens (tertiary/aromatic N) is 4. The molecule has 1 fully saturated rings. The highest BCUT2D eigenvalue weighted by atomic mass is 32.2. The number of piperazine rings is 1. The summed E-state index contributed by atoms with van der Waals surface area (Å²) in [7, 11) is -3.52. The molecule has 1 N–H and O–H groups in total. The minimum Gasteiger partial charge on any atom is -0.352 e. The Hall–Kier alpha value is -3.22. The largest absolute Gasteiger partial charge is 0.352 e. The molecule has 0 saturated carbocycles. The first-order chi connectivity index (χ1) is 18.9. The van der Waals surface area contributed by atoms with Crippen LogP contribution in [0.3, 0.4) is 0 Å². The highest BCUT2D eigenvalue weighted by Crippen LogP contribution is 2.43. The van der Waals surface area contributed by atoms with Crippen molar-refractivity contribution in [2.24, 2.45) is 0 Å². The van der Waals surface area contributed by atoms with E-state index in [1.54, 1.807) is 21.6 Å². The lowest BCUT2D eigenvalue weighted by Gasteiger charge is -2.44. The van der Waals surface area contributed by atoms with Crippen LogP contribution >= 0.6 is 11.8 Å². The molecule has 3 aromatic rings. The average Bonchev–Trinajstić information content (AvgIpc) is 3.05. The lowest BCUT2D eigenvalue weighted by atomic mass is 9.97. The Morgan fingerprint density at radius 2 is 1.82 bits per heavy atom. The third-order valence-electron chi connectivity index (χ3n) is 7.39. The van der Waals surface area contributed by atoms with Crippen molar-refractivity contribution in [3.05, 3.63) is 64.9 Å². The molecule has 40 heavy (non-hydrogen) atoms. The van der Waals surface area contributed by atoms with E-state index in [1.165, 1.54) is 30.0 Å². The number of aryl methyl sites for hydroxylation is 1. The maximum atomic E-state index is 13.8. The maximum absolute atomic E-state index is 13.8. The summed E-state index contributed by atoms with van der Waals surface area (Å²) in [5.41, 5.74) is 2.78. The van der Waals surface area contributed by atoms with Gasteiger partial charge in [-0.25, -0.2) is 22.3 Å². The van der Waals surface area contributed by atoms with Gasteiger partial charge in [0.1, 0.15) is 11.6 Å². The number of amides is 1. The standard InChI is InChI=1S/C28H32FN5O4S2/c1-6-23(35)34-17(3)12-32(13-18(34)4)27-22-11-16(2)24(19-7-9-20(29)10-8-19)26-25(22)33(28(36)30-27)14-21(15-39-26)31-40(5,37)38/h6-11,17-18,21,31H,1,12-15H2,2-5H3/t17-,18+,21-/m0/s1. The van der Waals surface area contributed by atoms with Crippen molar-refractivity contribution in [1.82, 2.24) is 19.2 Å². The summed E-state index contributed by atoms with van der Waals surface area (Å²) in [6.07, 6.45) is 2.42. The van der Waals surface area contributed by atoms with Crippen molar-refractivity contribution >= 4 is 44.4 Å². The van der Waals surface area contributed by atoms with Crippen molar-refractivity contribution in [2.45, 2.75) is 50.3 Å². The van der Waals surface area contributed by atoms with Crippen molar-refractivity contribution < 1.29 is 17.6 Å². The minimum atomic E-state index is -3.52. The zero-order chi connectivity index (χ0) is 28.9. The number of anilines is 1. The van der Waals surface area contributed by atoms with Gasteiger partial charge in [-0.05, 0) is 56.2 Å². The normalized spacial score (nSPS) is 21.4. The number of aromatic nitrogens is 2. The Labute approximate surface area is 237 Å². The molecule has 5 rings (SSSR count). The van der Waals surface area contributed by atoms with Gasteiger partial charge in [0.25, 0.3) is 0 Å². The number of thioether (sulfide) groups is 1. The van der Waals surface area contributed by atoms with Crippen molar-refractivity contribution in [2.75, 3.05) is 30.0 Å². The molecular formula is C28H32FN5O4S2. The zero-order valence-corrected chi connectivity index (χ0v) is 24.5. The van der Waals surface area contributed by atoms with Gasteiger partial charge in [0, 0.05) is 59.4 Å². The highest BCUT2D eigenvalue weighted by molar-refractivity contribution is 7.99. The zero-order valence-electron chi connectivity index (χ0n) is 22.8. The summed E-state index contributed by atoms with van der Waals surface area (Å²) in [4.78, 5) is 35.3. The van der Waals surface area contributed by atoms with Gasteiger partial charge in [-0.15, -0.1) is 11.8 Å². The molecular weight excluding hydrogens is 553 g/mol. The summed E-state index contributed by atoms with van der Waals surface area (Å²) in [5, 5.41) is 0.772. The van der Waals surface area contributed by atoms with Crippen LogP contribution in [0.25, 0.3) is 22.0 Å². The molecule has 1 amide bonds. The van der Waals surface area contributed by atoms with Crippen LogP contribution in [0, 0.1) is 12.7 Å². The van der Waals surface area contributed by atoms with Crippen LogP contribution in [0.4, 0.5) is 10.2 Å². The Bertz CT molecular complexity index is 1660. The fraction of sp³-hybridized carbons (Fsp3) is 0.393. The monoisotopic (exact) mass is 585 g/mol. The second-order valence-corrected chi connectivity index (χ2v) is 13.4. The van der Waals surface area contributed by atoms with Gasteiger partial charge in [0.2, 0.25) is 15.9 Å². The number of carbonyl (C=O) groups is 1. The van der Waals surface area contributed by atoms with Gasteiger partial charge < -0.3 is 9.80 Å². The fourth-order valence-corrected chi connectivity index (χ4v) is 8.12. The molecule has 0 aliphatic carbocycles. The first-order valence-corrected chi connectivity index (χ1v) is 15.9. The quantitative estimate of drug-likeness (QED) is 0.459. The van der Waals surface area contributed by atoms with E-state index in [-0.39, 0.29) is 30.4 Å². The molecule has 2 aromatic carbocycles. The van der Waals surface area contributed by atoms with E-state index in [2.05, 4.69) is 16.3 Å². The van der Waals surface area contributed by atoms with Crippen LogP contribution in [0.1, 0.15) is 19.4 Å². The van der Waals surface area contributed by atoms with E-state index >= 15 is 0 Å². The first-order valence-electron chi connectivity index (χ1n) is 13.0. The van der Waals surface area contributed by atoms with E-state index in [4.69, 9.17) is 0 Å². The summed E-state index contributed by atoms with van der Waals surface area (Å²) in [5.74, 6) is 0.443. The minimum absolute atomic E-state index is 0.121. The molecule has 9 nitrogen and oxygen atoms in total. The Balaban J connectivity index is 1.72. The molecule has 1 aromatic heterocycles. The van der Waals surface area contributed by atoms with E-state index < -0.39 is 21.8 Å². The number of sulfonamides is 1. The predicted octanol–water partition coefficient (Wildman–Crippen LogP) is 3.15. The molecule has 3 heterocycles. The third-order valence-corrected chi connectivity index (χ3v) is 9.41. The Morgan fingerprint density at radius 3 is 2.42 bits per heavy atom. The molecule has 0 bridgehead atoms. The van der Waals surface area contributed by atoms with Crippen LogP contribution in [-0.2, 0) is 21.4 Å². The molecule has 0 radical (unpaired) electrons. The predicted molar refractivity (Wildman–Crippen MR) is 157 cm³/mol. The maximum Gasteiger partial charge on any atom is 0.350 e. The van der Waals surface area contributed by atoms with Gasteiger partial charge in [0.15, 0.2) is 0 Å². The highest BCUT2D eigenvalue weighted by Gasteiger charge is 2.35. The van der Waals surface area contributed by atoms with E-state index in [1.807, 2.05) is 31.7 Å². The second kappa shape index (κ2) is 10.6. The van der Waals surface area contributed by atoms with Crippen LogP contribution < -0.4 is 15.3 Å². The van der Waals surface area contributed by atoms with Crippen molar-refractivity contribution in [3.8, 4) is 11.1 Å². The van der Waals surface area contributed by atoms with Gasteiger partial charge in [0.05, 0.1) is 11.8 Å². The number of benzene rings is 2. The van der Waals surface area contributed by atoms with Crippen LogP contribution in [0.15, 0.2) is 52.7 Å². The summed E-state index contributed by atoms with van der Waals surface area (Å²) >= 11 is 1.47. The number of hydrogen-bond donors (Lipinski definition) is 1. The third kappa shape index (κ3) is 5.27. The van der Waals surface area contributed by atoms with Crippen LogP contribution in [0.2, 0.25) is 0 Å². The lowest BCUT2D eigenvalue weighted by Crippen LogP contribution is -2.58. The molecule has 1 saturated heterocycles. The second-order valence-electron chi connectivity index (χ2n) is 10.6. The Morgan fingerprint density at radius 1 is 1.18 bits per heavy atom. The lowest BCUT2D eigenvalue weighted by molar-refractivity contribution is -0.130. The molecule has 212 valence electrons. The molecule has 0 spiro atoms. The first kappa shape index (κ1) is 28.3. The van der Waals surface area contributed by atoms with Crippen molar-refractivity contribution in [1.29, 1.82) is 0 Å². The van der Waals surface area contributed by atoms with E-state index in [9.17, 15) is 22.4 Å². The van der Waals surface area contributed by atoms with E-state index in [0.29, 0.717) is 30.2 Å².